The van der Waals surface area contributed by atoms with Crippen LogP contribution in [0.5, 0.6) is 0 Å². The van der Waals surface area contributed by atoms with Crippen molar-refractivity contribution in [2.24, 2.45) is 11.1 Å². The highest BCUT2D eigenvalue weighted by Gasteiger charge is 2.27. The van der Waals surface area contributed by atoms with Crippen molar-refractivity contribution < 1.29 is 17.7 Å². The first-order chi connectivity index (χ1) is 13.9. The zero-order valence-electron chi connectivity index (χ0n) is 16.3. The molecule has 0 atom stereocenters. The number of nitrogens with two attached hydrogens (primary N) is 1. The molecule has 1 amide bonds. The summed E-state index contributed by atoms with van der Waals surface area (Å²) in [5, 5.41) is 12.2. The van der Waals surface area contributed by atoms with Gasteiger partial charge in [0.15, 0.2) is 0 Å². The second-order valence-corrected chi connectivity index (χ2v) is 9.41. The molecule has 1 fully saturated rings. The maximum atomic E-state index is 12.6. The van der Waals surface area contributed by atoms with Crippen LogP contribution in [0.3, 0.4) is 0 Å². The lowest BCUT2D eigenvalue weighted by Crippen LogP contribution is -2.38. The van der Waals surface area contributed by atoms with Gasteiger partial charge in [0.1, 0.15) is 11.5 Å². The number of primary sulfonamides is 1. The van der Waals surface area contributed by atoms with Crippen molar-refractivity contribution in [3.05, 3.63) is 41.3 Å². The highest BCUT2D eigenvalue weighted by molar-refractivity contribution is 7.89. The number of likely N-dealkylation sites (tertiary alicyclic amines) is 1. The van der Waals surface area contributed by atoms with E-state index < -0.39 is 10.0 Å². The van der Waals surface area contributed by atoms with Gasteiger partial charge in [-0.05, 0) is 69.5 Å². The van der Waals surface area contributed by atoms with E-state index in [0.717, 1.165) is 56.8 Å². The van der Waals surface area contributed by atoms with E-state index in [1.165, 1.54) is 30.5 Å². The molecule has 4 rings (SSSR count). The summed E-state index contributed by atoms with van der Waals surface area (Å²) in [5.41, 5.74) is 2.91. The van der Waals surface area contributed by atoms with E-state index in [9.17, 15) is 13.2 Å². The SMILES string of the molecule is NS(=O)(=O)c1ccc(NC(=O)C2CCN(Cc3noc4c3CCCC4)CC2)cc1. The molecule has 0 radical (unpaired) electrons. The Morgan fingerprint density at radius 3 is 2.55 bits per heavy atom. The Morgan fingerprint density at radius 1 is 1.17 bits per heavy atom. The number of aryl methyl sites for hydroxylation is 1. The van der Waals surface area contributed by atoms with E-state index in [2.05, 4.69) is 15.4 Å². The molecule has 2 aromatic rings. The molecule has 156 valence electrons. The highest BCUT2D eigenvalue weighted by atomic mass is 32.2. The smallest absolute Gasteiger partial charge is 0.238 e. The summed E-state index contributed by atoms with van der Waals surface area (Å²) < 4.78 is 28.1. The van der Waals surface area contributed by atoms with Gasteiger partial charge in [0.2, 0.25) is 15.9 Å². The number of hydrogen-bond acceptors (Lipinski definition) is 6. The van der Waals surface area contributed by atoms with Gasteiger partial charge in [-0.2, -0.15) is 0 Å². The van der Waals surface area contributed by atoms with Crippen LogP contribution in [0.1, 0.15) is 42.7 Å². The Morgan fingerprint density at radius 2 is 1.86 bits per heavy atom. The lowest BCUT2D eigenvalue weighted by molar-refractivity contribution is -0.121. The topological polar surface area (TPSA) is 119 Å². The standard InChI is InChI=1S/C20H26N4O4S/c21-29(26,27)16-7-5-15(6-8-16)22-20(25)14-9-11-24(12-10-14)13-18-17-3-1-2-4-19(17)28-23-18/h5-8,14H,1-4,9-13H2,(H,22,25)(H2,21,26,27). The number of carbonyl (C=O) groups excluding carboxylic acids is 1. The molecule has 1 saturated heterocycles. The molecular weight excluding hydrogens is 392 g/mol. The molecule has 1 aromatic carbocycles. The van der Waals surface area contributed by atoms with Gasteiger partial charge in [-0.3, -0.25) is 9.69 Å². The van der Waals surface area contributed by atoms with Crippen LogP contribution < -0.4 is 10.5 Å². The Bertz CT molecular complexity index is 976. The second-order valence-electron chi connectivity index (χ2n) is 7.85. The van der Waals surface area contributed by atoms with Crippen LogP contribution in [0, 0.1) is 5.92 Å². The van der Waals surface area contributed by atoms with E-state index in [1.807, 2.05) is 0 Å². The van der Waals surface area contributed by atoms with Gasteiger partial charge in [0.25, 0.3) is 0 Å². The average molecular weight is 419 g/mol. The van der Waals surface area contributed by atoms with Crippen molar-refractivity contribution in [1.82, 2.24) is 10.1 Å². The third-order valence-electron chi connectivity index (χ3n) is 5.81. The van der Waals surface area contributed by atoms with Crippen molar-refractivity contribution in [2.45, 2.75) is 50.0 Å². The van der Waals surface area contributed by atoms with E-state index in [1.54, 1.807) is 12.1 Å². The summed E-state index contributed by atoms with van der Waals surface area (Å²) in [5.74, 6) is 0.955. The number of sulfonamides is 1. The predicted octanol–water partition coefficient (Wildman–Crippen LogP) is 2.05. The zero-order valence-corrected chi connectivity index (χ0v) is 17.1. The molecule has 3 N–H and O–H groups in total. The van der Waals surface area contributed by atoms with E-state index in [0.29, 0.717) is 5.69 Å². The fourth-order valence-electron chi connectivity index (χ4n) is 4.11. The monoisotopic (exact) mass is 418 g/mol. The molecule has 2 heterocycles. The van der Waals surface area contributed by atoms with Gasteiger partial charge in [0, 0.05) is 30.1 Å². The average Bonchev–Trinajstić information content (AvgIpc) is 3.11. The summed E-state index contributed by atoms with van der Waals surface area (Å²) in [6.07, 6.45) is 5.97. The molecule has 9 heteroatoms. The number of carbonyl (C=O) groups is 1. The summed E-state index contributed by atoms with van der Waals surface area (Å²) >= 11 is 0. The molecule has 29 heavy (non-hydrogen) atoms. The lowest BCUT2D eigenvalue weighted by atomic mass is 9.94. The molecule has 0 bridgehead atoms. The first kappa shape index (κ1) is 20.1. The third-order valence-corrected chi connectivity index (χ3v) is 6.74. The van der Waals surface area contributed by atoms with E-state index in [4.69, 9.17) is 9.66 Å². The quantitative estimate of drug-likeness (QED) is 0.767. The minimum atomic E-state index is -3.73. The van der Waals surface area contributed by atoms with Gasteiger partial charge < -0.3 is 9.84 Å². The Kier molecular flexibility index (Phi) is 5.71. The van der Waals surface area contributed by atoms with E-state index in [-0.39, 0.29) is 16.7 Å². The fourth-order valence-corrected chi connectivity index (χ4v) is 4.63. The molecule has 2 aliphatic rings. The molecule has 0 saturated carbocycles. The molecule has 0 unspecified atom stereocenters. The zero-order chi connectivity index (χ0) is 20.4. The maximum Gasteiger partial charge on any atom is 0.238 e. The van der Waals surface area contributed by atoms with Crippen LogP contribution in [0.25, 0.3) is 0 Å². The van der Waals surface area contributed by atoms with Gasteiger partial charge in [-0.15, -0.1) is 0 Å². The number of aromatic nitrogens is 1. The van der Waals surface area contributed by atoms with Crippen LogP contribution in [-0.2, 0) is 34.2 Å². The first-order valence-electron chi connectivity index (χ1n) is 10.0. The normalized spacial score (nSPS) is 18.4. The largest absolute Gasteiger partial charge is 0.361 e. The number of amides is 1. The van der Waals surface area contributed by atoms with Gasteiger partial charge in [0.05, 0.1) is 4.90 Å². The number of anilines is 1. The summed E-state index contributed by atoms with van der Waals surface area (Å²) in [4.78, 5) is 14.9. The molecule has 1 aliphatic heterocycles. The van der Waals surface area contributed by atoms with Crippen LogP contribution in [0.2, 0.25) is 0 Å². The molecule has 1 aliphatic carbocycles. The summed E-state index contributed by atoms with van der Waals surface area (Å²) in [6, 6.07) is 5.90. The summed E-state index contributed by atoms with van der Waals surface area (Å²) in [7, 11) is -3.73. The van der Waals surface area contributed by atoms with Gasteiger partial charge in [-0.25, -0.2) is 13.6 Å². The number of hydrogen-bond donors (Lipinski definition) is 2. The van der Waals surface area contributed by atoms with Crippen molar-refractivity contribution in [2.75, 3.05) is 18.4 Å². The van der Waals surface area contributed by atoms with Crippen molar-refractivity contribution in [3.63, 3.8) is 0 Å². The van der Waals surface area contributed by atoms with Crippen molar-refractivity contribution in [3.8, 4) is 0 Å². The van der Waals surface area contributed by atoms with E-state index >= 15 is 0 Å². The fraction of sp³-hybridized carbons (Fsp3) is 0.500. The minimum absolute atomic E-state index is 0.0267. The number of benzene rings is 1. The molecular formula is C20H26N4O4S. The molecule has 0 spiro atoms. The predicted molar refractivity (Wildman–Crippen MR) is 108 cm³/mol. The van der Waals surface area contributed by atoms with Crippen LogP contribution in [-0.4, -0.2) is 37.5 Å². The Labute approximate surface area is 170 Å². The maximum absolute atomic E-state index is 12.6. The number of fused-ring (bicyclic) bond motifs is 1. The Balaban J connectivity index is 1.29. The van der Waals surface area contributed by atoms with Crippen LogP contribution in [0.4, 0.5) is 5.69 Å². The third kappa shape index (κ3) is 4.68. The number of rotatable bonds is 5. The number of nitrogens with zero attached hydrogens (tertiary/aromatic N) is 2. The van der Waals surface area contributed by atoms with Gasteiger partial charge in [-0.1, -0.05) is 5.16 Å². The minimum Gasteiger partial charge on any atom is -0.361 e. The highest BCUT2D eigenvalue weighted by Crippen LogP contribution is 2.27. The van der Waals surface area contributed by atoms with Crippen LogP contribution >= 0.6 is 0 Å². The van der Waals surface area contributed by atoms with Crippen molar-refractivity contribution >= 4 is 21.6 Å². The van der Waals surface area contributed by atoms with Crippen molar-refractivity contribution in [1.29, 1.82) is 0 Å². The molecule has 1 aromatic heterocycles. The van der Waals surface area contributed by atoms with Crippen LogP contribution in [0.15, 0.2) is 33.7 Å². The summed E-state index contributed by atoms with van der Waals surface area (Å²) in [6.45, 7) is 2.45. The van der Waals surface area contributed by atoms with Gasteiger partial charge >= 0.3 is 0 Å². The second kappa shape index (κ2) is 8.25. The number of piperidine rings is 1. The number of nitrogens with one attached hydrogen (secondary N) is 1. The lowest BCUT2D eigenvalue weighted by Gasteiger charge is -2.31. The Hall–Kier alpha value is -2.23. The molecule has 8 nitrogen and oxygen atoms in total. The first-order valence-corrected chi connectivity index (χ1v) is 11.6.